The van der Waals surface area contributed by atoms with Crippen LogP contribution >= 0.6 is 0 Å². The van der Waals surface area contributed by atoms with Crippen molar-refractivity contribution in [2.75, 3.05) is 6.54 Å². The smallest absolute Gasteiger partial charge is 0.268 e. The van der Waals surface area contributed by atoms with E-state index >= 15 is 0 Å². The number of rotatable bonds is 4. The molecule has 138 valence electrons. The molecule has 4 rings (SSSR count). The molecule has 0 fully saturated rings. The van der Waals surface area contributed by atoms with Gasteiger partial charge in [0.1, 0.15) is 17.3 Å². The number of aromatic amines is 1. The minimum absolute atomic E-state index is 0.144. The summed E-state index contributed by atoms with van der Waals surface area (Å²) in [5.74, 6) is 2.00. The van der Waals surface area contributed by atoms with Gasteiger partial charge in [0, 0.05) is 43.6 Å². The first-order chi connectivity index (χ1) is 12.6. The Bertz CT molecular complexity index is 848. The Hall–Kier alpha value is -2.44. The summed E-state index contributed by atoms with van der Waals surface area (Å²) in [6.07, 6.45) is 7.47. The molecule has 0 spiro atoms. The van der Waals surface area contributed by atoms with Crippen molar-refractivity contribution >= 4 is 11.7 Å². The quantitative estimate of drug-likeness (QED) is 0.879. The fraction of sp³-hybridized carbons (Fsp3) is 0.579. The second-order valence-corrected chi connectivity index (χ2v) is 7.26. The molecule has 7 nitrogen and oxygen atoms in total. The summed E-state index contributed by atoms with van der Waals surface area (Å²) in [6, 6.07) is 0. The lowest BCUT2D eigenvalue weighted by Gasteiger charge is -2.09. The van der Waals surface area contributed by atoms with E-state index in [9.17, 15) is 9.59 Å². The Labute approximate surface area is 152 Å². The molecule has 0 saturated carbocycles. The molecule has 7 heteroatoms. The Kier molecular flexibility index (Phi) is 4.61. The minimum Gasteiger partial charge on any atom is -0.354 e. The van der Waals surface area contributed by atoms with Crippen LogP contribution in [0.5, 0.6) is 0 Å². The van der Waals surface area contributed by atoms with Gasteiger partial charge in [-0.05, 0) is 38.2 Å². The summed E-state index contributed by atoms with van der Waals surface area (Å²) in [4.78, 5) is 27.8. The topological polar surface area (TPSA) is 92.7 Å². The fourth-order valence-electron chi connectivity index (χ4n) is 4.11. The Morgan fingerprint density at radius 3 is 2.88 bits per heavy atom. The summed E-state index contributed by atoms with van der Waals surface area (Å²) in [5.41, 5.74) is 2.93. The number of amides is 1. The van der Waals surface area contributed by atoms with Gasteiger partial charge >= 0.3 is 0 Å². The number of nitrogens with one attached hydrogen (secondary N) is 2. The predicted molar refractivity (Wildman–Crippen MR) is 96.4 cm³/mol. The monoisotopic (exact) mass is 355 g/mol. The molecule has 2 N–H and O–H groups in total. The Balaban J connectivity index is 1.41. The zero-order valence-electron chi connectivity index (χ0n) is 15.2. The molecule has 0 aromatic carbocycles. The number of H-pyrrole nitrogens is 1. The van der Waals surface area contributed by atoms with Gasteiger partial charge in [-0.3, -0.25) is 9.59 Å². The van der Waals surface area contributed by atoms with Crippen LogP contribution in [0.15, 0.2) is 0 Å². The largest absolute Gasteiger partial charge is 0.354 e. The number of carbonyl (C=O) groups excluding carboxylic acids is 2. The summed E-state index contributed by atoms with van der Waals surface area (Å²) in [6.45, 7) is 3.33. The van der Waals surface area contributed by atoms with Gasteiger partial charge in [0.15, 0.2) is 5.78 Å². The highest BCUT2D eigenvalue weighted by Gasteiger charge is 2.26. The number of Topliss-reactive ketones (excluding diaryl/α,β-unsaturated/α-hetero) is 1. The first-order valence-corrected chi connectivity index (χ1v) is 9.59. The van der Waals surface area contributed by atoms with Crippen molar-refractivity contribution in [2.45, 2.75) is 64.8 Å². The molecule has 1 amide bonds. The van der Waals surface area contributed by atoms with E-state index in [1.54, 1.807) is 0 Å². The van der Waals surface area contributed by atoms with Crippen molar-refractivity contribution in [3.8, 4) is 0 Å². The van der Waals surface area contributed by atoms with Crippen LogP contribution in [0.2, 0.25) is 0 Å². The molecule has 2 aromatic rings. The van der Waals surface area contributed by atoms with Crippen LogP contribution in [0.25, 0.3) is 0 Å². The standard InChI is InChI=1S/C19H25N5O2/c1-12-17-13(6-5-7-14(17)25)21-18(12)19(26)20-10-9-16-23-22-15-8-3-2-4-11-24(15)16/h21H,2-11H2,1H3,(H,20,26). The maximum Gasteiger partial charge on any atom is 0.268 e. The molecular weight excluding hydrogens is 330 g/mol. The molecule has 26 heavy (non-hydrogen) atoms. The van der Waals surface area contributed by atoms with Crippen LogP contribution in [-0.2, 0) is 25.8 Å². The highest BCUT2D eigenvalue weighted by Crippen LogP contribution is 2.26. The van der Waals surface area contributed by atoms with Gasteiger partial charge in [-0.1, -0.05) is 6.42 Å². The summed E-state index contributed by atoms with van der Waals surface area (Å²) < 4.78 is 2.20. The van der Waals surface area contributed by atoms with Crippen LogP contribution in [0, 0.1) is 6.92 Å². The molecule has 0 radical (unpaired) electrons. The SMILES string of the molecule is Cc1c(C(=O)NCCc2nnc3n2CCCCC3)[nH]c2c1C(=O)CCC2. The molecule has 1 aliphatic carbocycles. The lowest BCUT2D eigenvalue weighted by molar-refractivity contribution is 0.0947. The maximum absolute atomic E-state index is 12.6. The van der Waals surface area contributed by atoms with E-state index in [2.05, 4.69) is 25.1 Å². The van der Waals surface area contributed by atoms with Crippen molar-refractivity contribution in [2.24, 2.45) is 0 Å². The zero-order chi connectivity index (χ0) is 18.1. The van der Waals surface area contributed by atoms with Gasteiger partial charge in [-0.15, -0.1) is 10.2 Å². The van der Waals surface area contributed by atoms with Crippen molar-refractivity contribution in [1.82, 2.24) is 25.1 Å². The Morgan fingerprint density at radius 2 is 2.04 bits per heavy atom. The first kappa shape index (κ1) is 17.0. The third kappa shape index (κ3) is 3.06. The molecule has 0 unspecified atom stereocenters. The van der Waals surface area contributed by atoms with E-state index in [0.717, 1.165) is 60.7 Å². The summed E-state index contributed by atoms with van der Waals surface area (Å²) in [5, 5.41) is 11.6. The molecule has 3 heterocycles. The number of aromatic nitrogens is 4. The van der Waals surface area contributed by atoms with Crippen molar-refractivity contribution in [3.63, 3.8) is 0 Å². The maximum atomic E-state index is 12.6. The normalized spacial score (nSPS) is 16.7. The van der Waals surface area contributed by atoms with Crippen molar-refractivity contribution < 1.29 is 9.59 Å². The van der Waals surface area contributed by atoms with E-state index in [4.69, 9.17) is 0 Å². The van der Waals surface area contributed by atoms with E-state index in [0.29, 0.717) is 25.1 Å². The van der Waals surface area contributed by atoms with Crippen molar-refractivity contribution in [3.05, 3.63) is 34.2 Å². The molecular formula is C19H25N5O2. The van der Waals surface area contributed by atoms with Gasteiger partial charge in [0.05, 0.1) is 0 Å². The number of aryl methyl sites for hydroxylation is 2. The van der Waals surface area contributed by atoms with Gasteiger partial charge in [-0.2, -0.15) is 0 Å². The molecule has 0 atom stereocenters. The van der Waals surface area contributed by atoms with Crippen molar-refractivity contribution in [1.29, 1.82) is 0 Å². The average Bonchev–Trinajstić information content (AvgIpc) is 3.07. The van der Waals surface area contributed by atoms with E-state index in [-0.39, 0.29) is 11.7 Å². The van der Waals surface area contributed by atoms with Crippen LogP contribution in [0.1, 0.15) is 75.9 Å². The van der Waals surface area contributed by atoms with E-state index < -0.39 is 0 Å². The van der Waals surface area contributed by atoms with Gasteiger partial charge in [-0.25, -0.2) is 0 Å². The van der Waals surface area contributed by atoms with Crippen LogP contribution in [0.3, 0.4) is 0 Å². The molecule has 2 aliphatic rings. The highest BCUT2D eigenvalue weighted by molar-refractivity contribution is 6.04. The number of fused-ring (bicyclic) bond motifs is 2. The zero-order valence-corrected chi connectivity index (χ0v) is 15.2. The van der Waals surface area contributed by atoms with Crippen LogP contribution in [-0.4, -0.2) is 38.0 Å². The fourth-order valence-corrected chi connectivity index (χ4v) is 4.11. The first-order valence-electron chi connectivity index (χ1n) is 9.59. The third-order valence-electron chi connectivity index (χ3n) is 5.48. The molecule has 0 saturated heterocycles. The number of hydrogen-bond acceptors (Lipinski definition) is 4. The third-order valence-corrected chi connectivity index (χ3v) is 5.48. The highest BCUT2D eigenvalue weighted by atomic mass is 16.2. The second-order valence-electron chi connectivity index (χ2n) is 7.26. The average molecular weight is 355 g/mol. The molecule has 2 aromatic heterocycles. The summed E-state index contributed by atoms with van der Waals surface area (Å²) in [7, 11) is 0. The lowest BCUT2D eigenvalue weighted by atomic mass is 9.94. The van der Waals surface area contributed by atoms with E-state index in [1.165, 1.54) is 12.8 Å². The van der Waals surface area contributed by atoms with E-state index in [1.807, 2.05) is 6.92 Å². The minimum atomic E-state index is -0.152. The van der Waals surface area contributed by atoms with Crippen LogP contribution < -0.4 is 5.32 Å². The lowest BCUT2D eigenvalue weighted by Crippen LogP contribution is -2.27. The predicted octanol–water partition coefficient (Wildman–Crippen LogP) is 2.13. The van der Waals surface area contributed by atoms with Gasteiger partial charge in [0.2, 0.25) is 0 Å². The molecule has 0 bridgehead atoms. The second kappa shape index (κ2) is 7.05. The summed E-state index contributed by atoms with van der Waals surface area (Å²) >= 11 is 0. The van der Waals surface area contributed by atoms with Gasteiger partial charge in [0.25, 0.3) is 5.91 Å². The van der Waals surface area contributed by atoms with Crippen LogP contribution in [0.4, 0.5) is 0 Å². The Morgan fingerprint density at radius 1 is 1.15 bits per heavy atom. The number of nitrogens with zero attached hydrogens (tertiary/aromatic N) is 3. The van der Waals surface area contributed by atoms with Gasteiger partial charge < -0.3 is 14.9 Å². The molecule has 1 aliphatic heterocycles. The number of hydrogen-bond donors (Lipinski definition) is 2. The number of carbonyl (C=O) groups is 2. The number of ketones is 1.